The van der Waals surface area contributed by atoms with E-state index < -0.39 is 4.33 Å². The summed E-state index contributed by atoms with van der Waals surface area (Å²) in [5, 5.41) is 0. The van der Waals surface area contributed by atoms with E-state index in [0.29, 0.717) is 0 Å². The molecule has 0 N–H and O–H groups in total. The summed E-state index contributed by atoms with van der Waals surface area (Å²) < 4.78 is 4.81. The molecule has 1 aliphatic carbocycles. The molecule has 0 amide bonds. The van der Waals surface area contributed by atoms with Gasteiger partial charge in [-0.15, -0.1) is 23.2 Å². The van der Waals surface area contributed by atoms with Crippen LogP contribution in [0.25, 0.3) is 0 Å². The first-order valence-corrected chi connectivity index (χ1v) is 4.29. The highest BCUT2D eigenvalue weighted by Gasteiger charge is 2.54. The van der Waals surface area contributed by atoms with Gasteiger partial charge in [-0.25, -0.2) is 0 Å². The van der Waals surface area contributed by atoms with E-state index in [1.165, 1.54) is 0 Å². The Bertz CT molecular complexity index is 277. The first-order chi connectivity index (χ1) is 5.09. The van der Waals surface area contributed by atoms with E-state index in [0.717, 1.165) is 17.9 Å². The summed E-state index contributed by atoms with van der Waals surface area (Å²) in [4.78, 5) is 0. The summed E-state index contributed by atoms with van der Waals surface area (Å²) in [7, 11) is 0. The molecule has 2 rings (SSSR count). The third-order valence-electron chi connectivity index (χ3n) is 1.93. The zero-order valence-corrected chi connectivity index (χ0v) is 7.62. The van der Waals surface area contributed by atoms with Gasteiger partial charge in [-0.1, -0.05) is 0 Å². The molecule has 1 fully saturated rings. The molecule has 0 aliphatic heterocycles. The summed E-state index contributed by atoms with van der Waals surface area (Å²) in [6, 6.07) is 3.87. The normalized spacial score (nSPS) is 27.0. The van der Waals surface area contributed by atoms with Gasteiger partial charge in [0.15, 0.2) is 0 Å². The van der Waals surface area contributed by atoms with Crippen molar-refractivity contribution in [2.24, 2.45) is 0 Å². The van der Waals surface area contributed by atoms with Crippen LogP contribution in [0.3, 0.4) is 0 Å². The average Bonchev–Trinajstić information content (AvgIpc) is 2.39. The molecule has 3 heteroatoms. The molecule has 1 saturated carbocycles. The van der Waals surface area contributed by atoms with Crippen LogP contribution < -0.4 is 0 Å². The van der Waals surface area contributed by atoms with E-state index in [4.69, 9.17) is 27.6 Å². The maximum Gasteiger partial charge on any atom is 0.129 e. The van der Waals surface area contributed by atoms with Gasteiger partial charge < -0.3 is 4.42 Å². The van der Waals surface area contributed by atoms with E-state index in [1.807, 2.05) is 19.1 Å². The van der Waals surface area contributed by atoms with Gasteiger partial charge in [0.1, 0.15) is 15.9 Å². The third-order valence-corrected chi connectivity index (χ3v) is 2.77. The third kappa shape index (κ3) is 1.27. The van der Waals surface area contributed by atoms with Crippen LogP contribution in [0.4, 0.5) is 0 Å². The molecule has 60 valence electrons. The quantitative estimate of drug-likeness (QED) is 0.621. The van der Waals surface area contributed by atoms with Gasteiger partial charge >= 0.3 is 0 Å². The van der Waals surface area contributed by atoms with E-state index >= 15 is 0 Å². The number of halogens is 2. The summed E-state index contributed by atoms with van der Waals surface area (Å²) in [6.45, 7) is 1.91. The van der Waals surface area contributed by atoms with Gasteiger partial charge in [0, 0.05) is 0 Å². The predicted molar refractivity (Wildman–Crippen MR) is 45.2 cm³/mol. The molecule has 1 aromatic rings. The van der Waals surface area contributed by atoms with Crippen LogP contribution in [-0.4, -0.2) is 4.33 Å². The number of aryl methyl sites for hydroxylation is 1. The van der Waals surface area contributed by atoms with E-state index in [2.05, 4.69) is 0 Å². The van der Waals surface area contributed by atoms with Crippen molar-refractivity contribution in [3.05, 3.63) is 23.7 Å². The minimum absolute atomic E-state index is 0.208. The number of hydrogen-bond donors (Lipinski definition) is 0. The number of rotatable bonds is 1. The van der Waals surface area contributed by atoms with Crippen LogP contribution >= 0.6 is 23.2 Å². The van der Waals surface area contributed by atoms with Crippen LogP contribution in [0, 0.1) is 6.92 Å². The lowest BCUT2D eigenvalue weighted by Crippen LogP contribution is -1.86. The molecule has 1 aromatic heterocycles. The predicted octanol–water partition coefficient (Wildman–Crippen LogP) is 3.25. The SMILES string of the molecule is Cc1ccc(C2CC2(Cl)Cl)o1. The second-order valence-electron chi connectivity index (χ2n) is 2.97. The van der Waals surface area contributed by atoms with Crippen molar-refractivity contribution >= 4 is 23.2 Å². The molecule has 0 radical (unpaired) electrons. The summed E-state index contributed by atoms with van der Waals surface area (Å²) in [5.74, 6) is 2.03. The summed E-state index contributed by atoms with van der Waals surface area (Å²) in [5.41, 5.74) is 0. The molecule has 1 aliphatic rings. The highest BCUT2D eigenvalue weighted by atomic mass is 35.5. The molecule has 11 heavy (non-hydrogen) atoms. The number of alkyl halides is 2. The van der Waals surface area contributed by atoms with Crippen molar-refractivity contribution in [2.75, 3.05) is 0 Å². The largest absolute Gasteiger partial charge is 0.466 e. The van der Waals surface area contributed by atoms with E-state index in [1.54, 1.807) is 0 Å². The Morgan fingerprint density at radius 3 is 2.55 bits per heavy atom. The maximum absolute atomic E-state index is 5.86. The smallest absolute Gasteiger partial charge is 0.129 e. The molecule has 0 saturated heterocycles. The van der Waals surface area contributed by atoms with E-state index in [9.17, 15) is 0 Å². The Kier molecular flexibility index (Phi) is 1.48. The summed E-state index contributed by atoms with van der Waals surface area (Å²) in [6.07, 6.45) is 0.809. The molecule has 0 spiro atoms. The molecule has 1 heterocycles. The topological polar surface area (TPSA) is 13.1 Å². The lowest BCUT2D eigenvalue weighted by atomic mass is 10.3. The van der Waals surface area contributed by atoms with Crippen molar-refractivity contribution < 1.29 is 4.42 Å². The highest BCUT2D eigenvalue weighted by molar-refractivity contribution is 6.51. The molecule has 1 atom stereocenters. The Morgan fingerprint density at radius 2 is 2.18 bits per heavy atom. The number of furan rings is 1. The van der Waals surface area contributed by atoms with Crippen molar-refractivity contribution in [1.82, 2.24) is 0 Å². The first-order valence-electron chi connectivity index (χ1n) is 3.54. The Hall–Kier alpha value is -0.140. The fourth-order valence-electron chi connectivity index (χ4n) is 1.16. The second kappa shape index (κ2) is 2.18. The molecule has 1 nitrogen and oxygen atoms in total. The second-order valence-corrected chi connectivity index (χ2v) is 4.51. The average molecular weight is 191 g/mol. The van der Waals surface area contributed by atoms with Crippen LogP contribution in [0.2, 0.25) is 0 Å². The van der Waals surface area contributed by atoms with Crippen LogP contribution in [0.1, 0.15) is 23.9 Å². The van der Waals surface area contributed by atoms with Gasteiger partial charge in [-0.05, 0) is 25.5 Å². The first kappa shape index (κ1) is 7.51. The number of hydrogen-bond acceptors (Lipinski definition) is 1. The van der Waals surface area contributed by atoms with Crippen molar-refractivity contribution in [3.8, 4) is 0 Å². The van der Waals surface area contributed by atoms with Crippen molar-refractivity contribution in [2.45, 2.75) is 23.6 Å². The van der Waals surface area contributed by atoms with Gasteiger partial charge in [0.05, 0.1) is 5.92 Å². The van der Waals surface area contributed by atoms with Gasteiger partial charge in [-0.3, -0.25) is 0 Å². The monoisotopic (exact) mass is 190 g/mol. The highest BCUT2D eigenvalue weighted by Crippen LogP contribution is 2.59. The van der Waals surface area contributed by atoms with Crippen LogP contribution in [-0.2, 0) is 0 Å². The molecule has 0 bridgehead atoms. The maximum atomic E-state index is 5.86. The minimum atomic E-state index is -0.565. The van der Waals surface area contributed by atoms with Crippen LogP contribution in [0.5, 0.6) is 0 Å². The Balaban J connectivity index is 2.20. The lowest BCUT2D eigenvalue weighted by molar-refractivity contribution is 0.484. The van der Waals surface area contributed by atoms with Crippen molar-refractivity contribution in [1.29, 1.82) is 0 Å². The zero-order valence-electron chi connectivity index (χ0n) is 6.10. The minimum Gasteiger partial charge on any atom is -0.466 e. The Labute approximate surface area is 75.3 Å². The molecule has 0 aromatic carbocycles. The van der Waals surface area contributed by atoms with Gasteiger partial charge in [0.25, 0.3) is 0 Å². The van der Waals surface area contributed by atoms with Gasteiger partial charge in [0.2, 0.25) is 0 Å². The van der Waals surface area contributed by atoms with Gasteiger partial charge in [-0.2, -0.15) is 0 Å². The molecular weight excluding hydrogens is 183 g/mol. The standard InChI is InChI=1S/C8H8Cl2O/c1-5-2-3-7(11-5)6-4-8(6,9)10/h2-3,6H,4H2,1H3. The fourth-order valence-corrected chi connectivity index (χ4v) is 1.69. The Morgan fingerprint density at radius 1 is 1.55 bits per heavy atom. The lowest BCUT2D eigenvalue weighted by Gasteiger charge is -1.93. The molecular formula is C8H8Cl2O. The van der Waals surface area contributed by atoms with E-state index in [-0.39, 0.29) is 5.92 Å². The van der Waals surface area contributed by atoms with Crippen molar-refractivity contribution in [3.63, 3.8) is 0 Å². The fraction of sp³-hybridized carbons (Fsp3) is 0.500. The molecule has 1 unspecified atom stereocenters. The zero-order chi connectivity index (χ0) is 8.06. The van der Waals surface area contributed by atoms with Crippen LogP contribution in [0.15, 0.2) is 16.5 Å². The summed E-state index contributed by atoms with van der Waals surface area (Å²) >= 11 is 11.7.